The van der Waals surface area contributed by atoms with Crippen LogP contribution in [0.2, 0.25) is 0 Å². The number of anilines is 1. The zero-order chi connectivity index (χ0) is 16.4. The molecule has 0 radical (unpaired) electrons. The lowest BCUT2D eigenvalue weighted by molar-refractivity contribution is -0.384. The largest absolute Gasteiger partial charge is 0.376 e. The highest BCUT2D eigenvalue weighted by atomic mass is 16.6. The average molecular weight is 293 g/mol. The molecule has 1 aromatic carbocycles. The molecule has 1 N–H and O–H groups in total. The van der Waals surface area contributed by atoms with Gasteiger partial charge in [-0.15, -0.1) is 0 Å². The minimum Gasteiger partial charge on any atom is -0.376 e. The Balaban J connectivity index is 3.22. The molecule has 0 aliphatic heterocycles. The third-order valence-corrected chi connectivity index (χ3v) is 3.52. The molecule has 1 unspecified atom stereocenters. The Kier molecular flexibility index (Phi) is 4.93. The van der Waals surface area contributed by atoms with Crippen molar-refractivity contribution in [2.75, 3.05) is 19.4 Å². The molecule has 6 nitrogen and oxygen atoms in total. The highest BCUT2D eigenvalue weighted by Crippen LogP contribution is 2.30. The van der Waals surface area contributed by atoms with Crippen molar-refractivity contribution in [3.05, 3.63) is 33.9 Å². The van der Waals surface area contributed by atoms with Crippen LogP contribution in [-0.4, -0.2) is 35.9 Å². The first-order valence-electron chi connectivity index (χ1n) is 6.80. The summed E-state index contributed by atoms with van der Waals surface area (Å²) in [6.45, 7) is 8.10. The third-order valence-electron chi connectivity index (χ3n) is 3.52. The maximum atomic E-state index is 12.0. The first kappa shape index (κ1) is 16.9. The number of rotatable bonds is 4. The van der Waals surface area contributed by atoms with E-state index in [1.165, 1.54) is 17.0 Å². The van der Waals surface area contributed by atoms with Crippen LogP contribution in [0, 0.1) is 15.5 Å². The second kappa shape index (κ2) is 6.11. The van der Waals surface area contributed by atoms with Crippen LogP contribution in [0.1, 0.15) is 38.1 Å². The minimum absolute atomic E-state index is 0.0147. The summed E-state index contributed by atoms with van der Waals surface area (Å²) in [4.78, 5) is 24.1. The lowest BCUT2D eigenvalue weighted by atomic mass is 9.88. The topological polar surface area (TPSA) is 75.5 Å². The van der Waals surface area contributed by atoms with Crippen molar-refractivity contribution in [1.29, 1.82) is 0 Å². The van der Waals surface area contributed by atoms with Gasteiger partial charge in [-0.25, -0.2) is 0 Å². The summed E-state index contributed by atoms with van der Waals surface area (Å²) in [5.41, 5.74) is 0.709. The van der Waals surface area contributed by atoms with Crippen molar-refractivity contribution >= 4 is 17.3 Å². The number of nitro groups is 1. The molecule has 0 bridgehead atoms. The summed E-state index contributed by atoms with van der Waals surface area (Å²) < 4.78 is 0. The molecule has 0 aliphatic rings. The van der Waals surface area contributed by atoms with Gasteiger partial charge in [-0.3, -0.25) is 14.9 Å². The molecule has 0 aliphatic carbocycles. The lowest BCUT2D eigenvalue weighted by Crippen LogP contribution is -2.31. The number of carbonyl (C=O) groups excluding carboxylic acids is 1. The fourth-order valence-electron chi connectivity index (χ4n) is 1.65. The fourth-order valence-corrected chi connectivity index (χ4v) is 1.65. The molecule has 1 amide bonds. The molecular formula is C15H23N3O3. The van der Waals surface area contributed by atoms with Crippen molar-refractivity contribution in [2.45, 2.75) is 33.7 Å². The zero-order valence-electron chi connectivity index (χ0n) is 13.4. The maximum absolute atomic E-state index is 12.0. The van der Waals surface area contributed by atoms with Gasteiger partial charge in [0, 0.05) is 31.8 Å². The van der Waals surface area contributed by atoms with Crippen LogP contribution >= 0.6 is 0 Å². The van der Waals surface area contributed by atoms with Gasteiger partial charge in [0.05, 0.1) is 4.92 Å². The summed E-state index contributed by atoms with van der Waals surface area (Å²) in [5, 5.41) is 14.3. The van der Waals surface area contributed by atoms with E-state index in [9.17, 15) is 14.9 Å². The lowest BCUT2D eigenvalue weighted by Gasteiger charge is -2.29. The van der Waals surface area contributed by atoms with Gasteiger partial charge in [0.1, 0.15) is 5.69 Å². The summed E-state index contributed by atoms with van der Waals surface area (Å²) >= 11 is 0. The van der Waals surface area contributed by atoms with Gasteiger partial charge in [0.25, 0.3) is 11.6 Å². The summed E-state index contributed by atoms with van der Waals surface area (Å²) in [7, 11) is 3.29. The van der Waals surface area contributed by atoms with E-state index >= 15 is 0 Å². The van der Waals surface area contributed by atoms with Crippen LogP contribution in [0.4, 0.5) is 11.4 Å². The van der Waals surface area contributed by atoms with Crippen molar-refractivity contribution in [3.63, 3.8) is 0 Å². The predicted molar refractivity (Wildman–Crippen MR) is 83.7 cm³/mol. The third kappa shape index (κ3) is 4.18. The van der Waals surface area contributed by atoms with Gasteiger partial charge in [-0.1, -0.05) is 20.8 Å². The molecule has 6 heteroatoms. The van der Waals surface area contributed by atoms with Crippen LogP contribution in [-0.2, 0) is 0 Å². The second-order valence-electron chi connectivity index (χ2n) is 6.42. The fraction of sp³-hybridized carbons (Fsp3) is 0.533. The smallest absolute Gasteiger partial charge is 0.292 e. The minimum atomic E-state index is -0.443. The molecule has 0 spiro atoms. The van der Waals surface area contributed by atoms with Crippen LogP contribution in [0.25, 0.3) is 0 Å². The number of amides is 1. The summed E-state index contributed by atoms with van der Waals surface area (Å²) in [5.74, 6) is -0.184. The molecule has 21 heavy (non-hydrogen) atoms. The number of hydrogen-bond donors (Lipinski definition) is 1. The van der Waals surface area contributed by atoms with E-state index in [0.717, 1.165) is 0 Å². The van der Waals surface area contributed by atoms with E-state index in [0.29, 0.717) is 11.3 Å². The van der Waals surface area contributed by atoms with E-state index in [1.807, 2.05) is 27.7 Å². The van der Waals surface area contributed by atoms with E-state index in [-0.39, 0.29) is 23.1 Å². The highest BCUT2D eigenvalue weighted by Gasteiger charge is 2.24. The number of nitrogens with one attached hydrogen (secondary N) is 1. The normalized spacial score (nSPS) is 12.7. The number of nitro benzene ring substituents is 1. The molecule has 0 saturated carbocycles. The van der Waals surface area contributed by atoms with Crippen LogP contribution in [0.5, 0.6) is 0 Å². The van der Waals surface area contributed by atoms with Gasteiger partial charge >= 0.3 is 0 Å². The number of carbonyl (C=O) groups is 1. The molecular weight excluding hydrogens is 270 g/mol. The quantitative estimate of drug-likeness (QED) is 0.683. The average Bonchev–Trinajstić information content (AvgIpc) is 2.36. The Bertz CT molecular complexity index is 548. The summed E-state index contributed by atoms with van der Waals surface area (Å²) in [6.07, 6.45) is 0. The zero-order valence-corrected chi connectivity index (χ0v) is 13.4. The molecule has 1 atom stereocenters. The second-order valence-corrected chi connectivity index (χ2v) is 6.42. The molecule has 0 heterocycles. The van der Waals surface area contributed by atoms with Gasteiger partial charge < -0.3 is 10.2 Å². The highest BCUT2D eigenvalue weighted by molar-refractivity contribution is 5.95. The van der Waals surface area contributed by atoms with Crippen LogP contribution in [0.15, 0.2) is 18.2 Å². The predicted octanol–water partition coefficient (Wildman–Crippen LogP) is 3.14. The monoisotopic (exact) mass is 293 g/mol. The van der Waals surface area contributed by atoms with Crippen molar-refractivity contribution < 1.29 is 9.72 Å². The van der Waals surface area contributed by atoms with Crippen molar-refractivity contribution in [2.24, 2.45) is 5.41 Å². The Morgan fingerprint density at radius 1 is 1.33 bits per heavy atom. The summed E-state index contributed by atoms with van der Waals surface area (Å²) in [6, 6.07) is 4.41. The Hall–Kier alpha value is -2.11. The molecule has 0 aromatic heterocycles. The Morgan fingerprint density at radius 2 is 1.90 bits per heavy atom. The molecule has 1 aromatic rings. The molecule has 1 rings (SSSR count). The Morgan fingerprint density at radius 3 is 2.33 bits per heavy atom. The first-order valence-corrected chi connectivity index (χ1v) is 6.80. The van der Waals surface area contributed by atoms with E-state index < -0.39 is 4.92 Å². The SMILES string of the molecule is CC(Nc1cc(C(=O)N(C)C)ccc1[N+](=O)[O-])C(C)(C)C. The first-order chi connectivity index (χ1) is 9.54. The molecule has 0 saturated heterocycles. The standard InChI is InChI=1S/C15H23N3O3/c1-10(15(2,3)4)16-12-9-11(14(19)17(5)6)7-8-13(12)18(20)21/h7-10,16H,1-6H3. The van der Waals surface area contributed by atoms with Gasteiger partial charge in [0.15, 0.2) is 0 Å². The Labute approximate surface area is 125 Å². The molecule has 0 fully saturated rings. The van der Waals surface area contributed by atoms with Crippen LogP contribution in [0.3, 0.4) is 0 Å². The van der Waals surface area contributed by atoms with Gasteiger partial charge in [-0.05, 0) is 24.5 Å². The van der Waals surface area contributed by atoms with Gasteiger partial charge in [0.2, 0.25) is 0 Å². The maximum Gasteiger partial charge on any atom is 0.292 e. The number of benzene rings is 1. The van der Waals surface area contributed by atoms with Gasteiger partial charge in [-0.2, -0.15) is 0 Å². The van der Waals surface area contributed by atoms with E-state index in [1.54, 1.807) is 20.2 Å². The van der Waals surface area contributed by atoms with E-state index in [2.05, 4.69) is 5.32 Å². The number of nitrogens with zero attached hydrogens (tertiary/aromatic N) is 2. The van der Waals surface area contributed by atoms with E-state index in [4.69, 9.17) is 0 Å². The molecule has 116 valence electrons. The van der Waals surface area contributed by atoms with Crippen molar-refractivity contribution in [1.82, 2.24) is 4.90 Å². The number of hydrogen-bond acceptors (Lipinski definition) is 4. The van der Waals surface area contributed by atoms with Crippen LogP contribution < -0.4 is 5.32 Å². The van der Waals surface area contributed by atoms with Crippen molar-refractivity contribution in [3.8, 4) is 0 Å².